The van der Waals surface area contributed by atoms with Crippen LogP contribution >= 0.6 is 0 Å². The fourth-order valence-corrected chi connectivity index (χ4v) is 6.83. The lowest BCUT2D eigenvalue weighted by Gasteiger charge is -2.61. The van der Waals surface area contributed by atoms with Gasteiger partial charge in [-0.05, 0) is 37.0 Å². The summed E-state index contributed by atoms with van der Waals surface area (Å²) in [7, 11) is 0. The summed E-state index contributed by atoms with van der Waals surface area (Å²) in [5, 5.41) is 11.6. The van der Waals surface area contributed by atoms with Gasteiger partial charge in [0.2, 0.25) is 5.84 Å². The number of para-hydroxylation sites is 1. The van der Waals surface area contributed by atoms with Crippen molar-refractivity contribution in [3.05, 3.63) is 42.2 Å². The number of aliphatic imine (C=N–C) groups is 1. The van der Waals surface area contributed by atoms with E-state index in [4.69, 9.17) is 0 Å². The first-order chi connectivity index (χ1) is 12.0. The quantitative estimate of drug-likeness (QED) is 0.797. The molecule has 0 spiro atoms. The van der Waals surface area contributed by atoms with Crippen molar-refractivity contribution in [2.75, 3.05) is 0 Å². The van der Waals surface area contributed by atoms with E-state index in [1.807, 2.05) is 31.3 Å². The average Bonchev–Trinajstić information content (AvgIpc) is 2.94. The number of quaternary nitrogens is 1. The number of benzene rings is 1. The van der Waals surface area contributed by atoms with Gasteiger partial charge in [0.15, 0.2) is 0 Å². The maximum atomic E-state index is 11.6. The Hall–Kier alpha value is -1.94. The van der Waals surface area contributed by atoms with Crippen LogP contribution in [0.3, 0.4) is 0 Å². The highest BCUT2D eigenvalue weighted by Crippen LogP contribution is 2.61. The molecule has 130 valence electrons. The Labute approximate surface area is 148 Å². The van der Waals surface area contributed by atoms with Crippen molar-refractivity contribution >= 4 is 17.5 Å². The molecular formula is C21H24N2O2. The van der Waals surface area contributed by atoms with Gasteiger partial charge in [-0.15, -0.1) is 0 Å². The molecule has 4 bridgehead atoms. The summed E-state index contributed by atoms with van der Waals surface area (Å²) < 4.78 is 0.501. The van der Waals surface area contributed by atoms with Crippen LogP contribution in [0.1, 0.15) is 45.4 Å². The molecule has 0 saturated heterocycles. The molecule has 0 aromatic heterocycles. The number of hydrogen-bond acceptors (Lipinski definition) is 3. The van der Waals surface area contributed by atoms with E-state index in [0.29, 0.717) is 4.48 Å². The van der Waals surface area contributed by atoms with Gasteiger partial charge >= 0.3 is 0 Å². The van der Waals surface area contributed by atoms with Crippen LogP contribution in [0.2, 0.25) is 0 Å². The van der Waals surface area contributed by atoms with Gasteiger partial charge in [-0.3, -0.25) is 0 Å². The molecule has 5 aliphatic rings. The first-order valence-corrected chi connectivity index (χ1v) is 9.47. The molecule has 4 saturated carbocycles. The van der Waals surface area contributed by atoms with Crippen LogP contribution in [-0.2, 0) is 4.79 Å². The predicted molar refractivity (Wildman–Crippen MR) is 95.3 cm³/mol. The number of aliphatic carboxylic acids is 1. The Morgan fingerprint density at radius 3 is 2.12 bits per heavy atom. The Morgan fingerprint density at radius 2 is 1.64 bits per heavy atom. The number of carbonyl (C=O) groups excluding carboxylic acids is 1. The van der Waals surface area contributed by atoms with Crippen molar-refractivity contribution in [1.82, 2.24) is 4.48 Å². The van der Waals surface area contributed by atoms with Crippen LogP contribution in [0, 0.1) is 17.8 Å². The standard InChI is InChI=1S/C21H24N2O2/c1-14-22-19(20(24)25)13-23(14,18-5-3-2-4-6-18)21-10-15-7-16(11-21)9-17(8-15)12-21/h2-6,13,15-17H,7-12H2,1H3. The highest BCUT2D eigenvalue weighted by Gasteiger charge is 2.64. The molecule has 1 heterocycles. The molecule has 4 heteroatoms. The molecular weight excluding hydrogens is 312 g/mol. The summed E-state index contributed by atoms with van der Waals surface area (Å²) in [4.78, 5) is 16.1. The second-order valence-electron chi connectivity index (χ2n) is 8.66. The van der Waals surface area contributed by atoms with Crippen molar-refractivity contribution in [2.45, 2.75) is 51.0 Å². The molecule has 4 aliphatic carbocycles. The third-order valence-electron chi connectivity index (χ3n) is 7.24. The van der Waals surface area contributed by atoms with Gasteiger partial charge in [-0.25, -0.2) is 4.48 Å². The minimum Gasteiger partial charge on any atom is -0.543 e. The molecule has 1 aromatic rings. The lowest BCUT2D eigenvalue weighted by atomic mass is 9.51. The summed E-state index contributed by atoms with van der Waals surface area (Å²) in [6.45, 7) is 2.00. The number of rotatable bonds is 3. The molecule has 25 heavy (non-hydrogen) atoms. The van der Waals surface area contributed by atoms with E-state index in [1.165, 1.54) is 38.5 Å². The van der Waals surface area contributed by atoms with Gasteiger partial charge in [-0.1, -0.05) is 18.2 Å². The van der Waals surface area contributed by atoms with Crippen molar-refractivity contribution in [2.24, 2.45) is 22.7 Å². The first-order valence-electron chi connectivity index (χ1n) is 9.47. The van der Waals surface area contributed by atoms with Crippen LogP contribution < -0.4 is 9.59 Å². The molecule has 1 aliphatic heterocycles. The highest BCUT2D eigenvalue weighted by molar-refractivity contribution is 6.02. The lowest BCUT2D eigenvalue weighted by molar-refractivity contribution is -0.299. The van der Waals surface area contributed by atoms with Gasteiger partial charge < -0.3 is 9.90 Å². The molecule has 0 amide bonds. The maximum Gasteiger partial charge on any atom is 0.210 e. The van der Waals surface area contributed by atoms with Crippen LogP contribution in [-0.4, -0.2) is 17.3 Å². The molecule has 1 unspecified atom stereocenters. The molecule has 1 atom stereocenters. The normalized spacial score (nSPS) is 41.6. The van der Waals surface area contributed by atoms with E-state index >= 15 is 0 Å². The molecule has 0 radical (unpaired) electrons. The van der Waals surface area contributed by atoms with Crippen LogP contribution in [0.5, 0.6) is 0 Å². The number of hydrogen-bond donors (Lipinski definition) is 0. The van der Waals surface area contributed by atoms with E-state index < -0.39 is 5.97 Å². The van der Waals surface area contributed by atoms with E-state index in [9.17, 15) is 9.90 Å². The molecule has 6 rings (SSSR count). The Balaban J connectivity index is 1.73. The fourth-order valence-electron chi connectivity index (χ4n) is 6.83. The summed E-state index contributed by atoms with van der Waals surface area (Å²) >= 11 is 0. The number of nitrogens with zero attached hydrogens (tertiary/aromatic N) is 2. The number of carboxylic acids is 1. The van der Waals surface area contributed by atoms with Gasteiger partial charge in [0.05, 0.1) is 5.97 Å². The van der Waals surface area contributed by atoms with Gasteiger partial charge in [0.25, 0.3) is 0 Å². The number of carboxylic acid groups (broad SMARTS) is 1. The van der Waals surface area contributed by atoms with Crippen molar-refractivity contribution < 1.29 is 9.90 Å². The molecule has 1 aromatic carbocycles. The topological polar surface area (TPSA) is 52.5 Å². The average molecular weight is 336 g/mol. The van der Waals surface area contributed by atoms with Crippen LogP contribution in [0.15, 0.2) is 47.2 Å². The Bertz CT molecular complexity index is 760. The van der Waals surface area contributed by atoms with Crippen molar-refractivity contribution in [3.8, 4) is 0 Å². The Kier molecular flexibility index (Phi) is 3.09. The molecule has 0 N–H and O–H groups in total. The van der Waals surface area contributed by atoms with Crippen LogP contribution in [0.25, 0.3) is 0 Å². The monoisotopic (exact) mass is 336 g/mol. The SMILES string of the molecule is CC1=NC(C(=O)[O-])=C[N+]1(c1ccccc1)C12CC3CC(CC(C3)C1)C2. The second-order valence-corrected chi connectivity index (χ2v) is 8.66. The van der Waals surface area contributed by atoms with E-state index in [1.54, 1.807) is 0 Å². The second kappa shape index (κ2) is 5.04. The molecule has 4 fully saturated rings. The Morgan fingerprint density at radius 1 is 1.08 bits per heavy atom. The van der Waals surface area contributed by atoms with Gasteiger partial charge in [-0.2, -0.15) is 4.99 Å². The summed E-state index contributed by atoms with van der Waals surface area (Å²) in [6.07, 6.45) is 9.50. The summed E-state index contributed by atoms with van der Waals surface area (Å²) in [6, 6.07) is 10.4. The number of carbonyl (C=O) groups is 1. The van der Waals surface area contributed by atoms with E-state index in [0.717, 1.165) is 29.3 Å². The number of amidine groups is 1. The summed E-state index contributed by atoms with van der Waals surface area (Å²) in [5.41, 5.74) is 1.29. The van der Waals surface area contributed by atoms with Gasteiger partial charge in [0.1, 0.15) is 23.1 Å². The van der Waals surface area contributed by atoms with E-state index in [2.05, 4.69) is 17.1 Å². The zero-order valence-electron chi connectivity index (χ0n) is 14.6. The minimum atomic E-state index is -1.17. The van der Waals surface area contributed by atoms with Crippen molar-refractivity contribution in [3.63, 3.8) is 0 Å². The van der Waals surface area contributed by atoms with Crippen molar-refractivity contribution in [1.29, 1.82) is 0 Å². The van der Waals surface area contributed by atoms with Gasteiger partial charge in [0, 0.05) is 38.3 Å². The maximum absolute atomic E-state index is 11.6. The zero-order valence-corrected chi connectivity index (χ0v) is 14.6. The minimum absolute atomic E-state index is 0.0564. The zero-order chi connectivity index (χ0) is 17.2. The third-order valence-corrected chi connectivity index (χ3v) is 7.24. The predicted octanol–water partition coefficient (Wildman–Crippen LogP) is 2.99. The highest BCUT2D eigenvalue weighted by atomic mass is 16.4. The first kappa shape index (κ1) is 15.3. The largest absolute Gasteiger partial charge is 0.543 e. The smallest absolute Gasteiger partial charge is 0.210 e. The van der Waals surface area contributed by atoms with E-state index in [-0.39, 0.29) is 11.2 Å². The third kappa shape index (κ3) is 1.97. The summed E-state index contributed by atoms with van der Waals surface area (Å²) in [5.74, 6) is 2.09. The molecule has 4 nitrogen and oxygen atoms in total. The van der Waals surface area contributed by atoms with Crippen LogP contribution in [0.4, 0.5) is 5.69 Å². The lowest BCUT2D eigenvalue weighted by Crippen LogP contribution is -2.70. The fraction of sp³-hybridized carbons (Fsp3) is 0.524.